The Morgan fingerprint density at radius 3 is 2.85 bits per heavy atom. The van der Waals surface area contributed by atoms with Crippen LogP contribution in [0, 0.1) is 0 Å². The lowest BCUT2D eigenvalue weighted by Gasteiger charge is -1.98. The zero-order valence-corrected chi connectivity index (χ0v) is 11.3. The molecule has 0 aliphatic rings. The highest BCUT2D eigenvalue weighted by Gasteiger charge is 2.03. The Bertz CT molecular complexity index is 766. The van der Waals surface area contributed by atoms with E-state index in [4.69, 9.17) is 0 Å². The lowest BCUT2D eigenvalue weighted by molar-refractivity contribution is 0.0959. The Kier molecular flexibility index (Phi) is 3.52. The number of nitrogens with zero attached hydrogens (tertiary/aromatic N) is 2. The van der Waals surface area contributed by atoms with Gasteiger partial charge in [-0.2, -0.15) is 5.10 Å². The Morgan fingerprint density at radius 1 is 1.20 bits per heavy atom. The monoisotopic (exact) mass is 281 g/mol. The zero-order valence-electron chi connectivity index (χ0n) is 10.5. The second-order valence-corrected chi connectivity index (χ2v) is 5.08. The average Bonchev–Trinajstić information content (AvgIpc) is 3.01. The minimum atomic E-state index is -0.211. The summed E-state index contributed by atoms with van der Waals surface area (Å²) in [6.45, 7) is 0. The Balaban J connectivity index is 1.72. The quantitative estimate of drug-likeness (QED) is 0.592. The summed E-state index contributed by atoms with van der Waals surface area (Å²) in [4.78, 5) is 16.6. The summed E-state index contributed by atoms with van der Waals surface area (Å²) in [5, 5.41) is 7.94. The summed E-state index contributed by atoms with van der Waals surface area (Å²) < 4.78 is 0. The van der Waals surface area contributed by atoms with E-state index in [-0.39, 0.29) is 5.91 Å². The molecule has 4 nitrogen and oxygen atoms in total. The van der Waals surface area contributed by atoms with Crippen molar-refractivity contribution in [3.8, 4) is 0 Å². The Labute approximate surface area is 119 Å². The summed E-state index contributed by atoms with van der Waals surface area (Å²) >= 11 is 1.38. The SMILES string of the molecule is O=C(N/N=C/c1cc2ccccc2cn1)c1cccs1. The molecule has 3 aromatic rings. The molecule has 0 spiro atoms. The molecule has 0 aliphatic heterocycles. The molecule has 0 saturated carbocycles. The van der Waals surface area contributed by atoms with E-state index >= 15 is 0 Å². The maximum Gasteiger partial charge on any atom is 0.281 e. The van der Waals surface area contributed by atoms with Gasteiger partial charge < -0.3 is 0 Å². The number of carbonyl (C=O) groups excluding carboxylic acids is 1. The van der Waals surface area contributed by atoms with Crippen LogP contribution in [0.1, 0.15) is 15.4 Å². The largest absolute Gasteiger partial charge is 0.281 e. The van der Waals surface area contributed by atoms with Crippen molar-refractivity contribution < 1.29 is 4.79 Å². The maximum atomic E-state index is 11.7. The number of thiophene rings is 1. The third-order valence-electron chi connectivity index (χ3n) is 2.76. The molecule has 0 radical (unpaired) electrons. The van der Waals surface area contributed by atoms with Crippen LogP contribution in [0.4, 0.5) is 0 Å². The number of amides is 1. The number of carbonyl (C=O) groups is 1. The van der Waals surface area contributed by atoms with Gasteiger partial charge in [-0.15, -0.1) is 11.3 Å². The highest BCUT2D eigenvalue weighted by atomic mass is 32.1. The van der Waals surface area contributed by atoms with Crippen molar-refractivity contribution in [2.45, 2.75) is 0 Å². The predicted octanol–water partition coefficient (Wildman–Crippen LogP) is 3.06. The van der Waals surface area contributed by atoms with E-state index in [1.165, 1.54) is 17.6 Å². The minimum Gasteiger partial charge on any atom is -0.266 e. The molecule has 20 heavy (non-hydrogen) atoms. The molecule has 1 N–H and O–H groups in total. The Morgan fingerprint density at radius 2 is 2.05 bits per heavy atom. The van der Waals surface area contributed by atoms with E-state index in [0.29, 0.717) is 10.6 Å². The molecule has 2 heterocycles. The van der Waals surface area contributed by atoms with E-state index in [1.54, 1.807) is 12.3 Å². The molecule has 3 rings (SSSR count). The summed E-state index contributed by atoms with van der Waals surface area (Å²) in [6.07, 6.45) is 3.33. The van der Waals surface area contributed by atoms with E-state index in [9.17, 15) is 4.79 Å². The molecule has 0 aliphatic carbocycles. The van der Waals surface area contributed by atoms with Crippen molar-refractivity contribution in [1.29, 1.82) is 0 Å². The highest BCUT2D eigenvalue weighted by Crippen LogP contribution is 2.12. The minimum absolute atomic E-state index is 0.211. The van der Waals surface area contributed by atoms with E-state index < -0.39 is 0 Å². The van der Waals surface area contributed by atoms with Gasteiger partial charge in [0, 0.05) is 11.6 Å². The van der Waals surface area contributed by atoms with Crippen LogP contribution in [0.25, 0.3) is 10.8 Å². The first-order valence-electron chi connectivity index (χ1n) is 6.04. The summed E-state index contributed by atoms with van der Waals surface area (Å²) in [5.41, 5.74) is 3.19. The van der Waals surface area contributed by atoms with E-state index in [2.05, 4.69) is 15.5 Å². The van der Waals surface area contributed by atoms with Crippen LogP contribution in [0.15, 0.2) is 59.1 Å². The second-order valence-electron chi connectivity index (χ2n) is 4.13. The highest BCUT2D eigenvalue weighted by molar-refractivity contribution is 7.12. The second kappa shape index (κ2) is 5.63. The fraction of sp³-hybridized carbons (Fsp3) is 0. The third kappa shape index (κ3) is 2.73. The van der Waals surface area contributed by atoms with Gasteiger partial charge in [0.1, 0.15) is 0 Å². The van der Waals surface area contributed by atoms with Gasteiger partial charge in [-0.1, -0.05) is 30.3 Å². The molecule has 1 amide bonds. The van der Waals surface area contributed by atoms with Crippen LogP contribution in [-0.2, 0) is 0 Å². The predicted molar refractivity (Wildman–Crippen MR) is 81.1 cm³/mol. The van der Waals surface area contributed by atoms with Crippen LogP contribution >= 0.6 is 11.3 Å². The number of aromatic nitrogens is 1. The third-order valence-corrected chi connectivity index (χ3v) is 3.63. The van der Waals surface area contributed by atoms with Gasteiger partial charge >= 0.3 is 0 Å². The Hall–Kier alpha value is -2.53. The summed E-state index contributed by atoms with van der Waals surface area (Å²) in [7, 11) is 0. The average molecular weight is 281 g/mol. The smallest absolute Gasteiger partial charge is 0.266 e. The standard InChI is InChI=1S/C15H11N3OS/c19-15(14-6-3-7-20-14)18-17-10-13-8-11-4-1-2-5-12(11)9-16-13/h1-10H,(H,18,19)/b17-10+. The van der Waals surface area contributed by atoms with Crippen molar-refractivity contribution in [2.24, 2.45) is 5.10 Å². The van der Waals surface area contributed by atoms with Crippen molar-refractivity contribution in [1.82, 2.24) is 10.4 Å². The van der Waals surface area contributed by atoms with E-state index in [0.717, 1.165) is 10.8 Å². The lowest BCUT2D eigenvalue weighted by atomic mass is 10.1. The van der Waals surface area contributed by atoms with Gasteiger partial charge in [0.2, 0.25) is 0 Å². The van der Waals surface area contributed by atoms with Crippen molar-refractivity contribution in [2.75, 3.05) is 0 Å². The van der Waals surface area contributed by atoms with E-state index in [1.807, 2.05) is 41.8 Å². The molecule has 0 saturated heterocycles. The van der Waals surface area contributed by atoms with Crippen molar-refractivity contribution >= 4 is 34.2 Å². The molecule has 2 aromatic heterocycles. The van der Waals surface area contributed by atoms with Gasteiger partial charge in [0.05, 0.1) is 16.8 Å². The van der Waals surface area contributed by atoms with Gasteiger partial charge in [0.15, 0.2) is 0 Å². The molecule has 5 heteroatoms. The molecule has 0 fully saturated rings. The first-order chi connectivity index (χ1) is 9.83. The first kappa shape index (κ1) is 12.5. The molecular formula is C15H11N3OS. The van der Waals surface area contributed by atoms with Gasteiger partial charge in [0.25, 0.3) is 5.91 Å². The number of fused-ring (bicyclic) bond motifs is 1. The number of nitrogens with one attached hydrogen (secondary N) is 1. The van der Waals surface area contributed by atoms with Gasteiger partial charge in [-0.3, -0.25) is 9.78 Å². The first-order valence-corrected chi connectivity index (χ1v) is 6.92. The number of benzene rings is 1. The van der Waals surface area contributed by atoms with Crippen LogP contribution in [-0.4, -0.2) is 17.1 Å². The summed E-state index contributed by atoms with van der Waals surface area (Å²) in [5.74, 6) is -0.211. The number of hydrogen-bond acceptors (Lipinski definition) is 4. The van der Waals surface area contributed by atoms with Crippen LogP contribution in [0.3, 0.4) is 0 Å². The number of hydrogen-bond donors (Lipinski definition) is 1. The molecule has 98 valence electrons. The maximum absolute atomic E-state index is 11.7. The lowest BCUT2D eigenvalue weighted by Crippen LogP contribution is -2.16. The topological polar surface area (TPSA) is 54.4 Å². The normalized spacial score (nSPS) is 11.0. The van der Waals surface area contributed by atoms with Gasteiger partial charge in [-0.25, -0.2) is 5.43 Å². The van der Waals surface area contributed by atoms with Crippen LogP contribution < -0.4 is 5.43 Å². The fourth-order valence-electron chi connectivity index (χ4n) is 1.79. The molecule has 0 bridgehead atoms. The molecular weight excluding hydrogens is 270 g/mol. The molecule has 0 unspecified atom stereocenters. The van der Waals surface area contributed by atoms with Crippen LogP contribution in [0.2, 0.25) is 0 Å². The molecule has 0 atom stereocenters. The number of rotatable bonds is 3. The fourth-order valence-corrected chi connectivity index (χ4v) is 2.40. The molecule has 1 aromatic carbocycles. The number of hydrazone groups is 1. The number of pyridine rings is 1. The van der Waals surface area contributed by atoms with Gasteiger partial charge in [-0.05, 0) is 22.9 Å². The van der Waals surface area contributed by atoms with Crippen molar-refractivity contribution in [3.05, 3.63) is 64.6 Å². The van der Waals surface area contributed by atoms with Crippen LogP contribution in [0.5, 0.6) is 0 Å². The zero-order chi connectivity index (χ0) is 13.8. The summed E-state index contributed by atoms with van der Waals surface area (Å²) in [6, 6.07) is 13.5. The van der Waals surface area contributed by atoms with Crippen molar-refractivity contribution in [3.63, 3.8) is 0 Å².